The Hall–Kier alpha value is -1.75. The first-order valence-electron chi connectivity index (χ1n) is 4.70. The van der Waals surface area contributed by atoms with E-state index < -0.39 is 17.7 Å². The van der Waals surface area contributed by atoms with Crippen molar-refractivity contribution in [1.82, 2.24) is 9.78 Å². The van der Waals surface area contributed by atoms with Gasteiger partial charge in [-0.3, -0.25) is 4.68 Å². The van der Waals surface area contributed by atoms with Crippen molar-refractivity contribution >= 4 is 0 Å². The van der Waals surface area contributed by atoms with Crippen molar-refractivity contribution in [2.45, 2.75) is 6.10 Å². The van der Waals surface area contributed by atoms with Crippen LogP contribution in [0, 0.1) is 11.6 Å². The zero-order valence-electron chi connectivity index (χ0n) is 8.56. The Labute approximate surface area is 91.0 Å². The zero-order chi connectivity index (χ0) is 11.7. The van der Waals surface area contributed by atoms with Gasteiger partial charge in [-0.25, -0.2) is 8.78 Å². The highest BCUT2D eigenvalue weighted by Gasteiger charge is 2.17. The van der Waals surface area contributed by atoms with Gasteiger partial charge in [-0.05, 0) is 12.1 Å². The standard InChI is InChI=1S/C11H10F2N2O/c1-15-5-4-10(14-15)11(16)8-3-2-7(12)6-9(8)13/h2-6,11,16H,1H3. The molecule has 1 unspecified atom stereocenters. The first-order chi connectivity index (χ1) is 7.58. The van der Waals surface area contributed by atoms with Gasteiger partial charge >= 0.3 is 0 Å². The maximum atomic E-state index is 13.4. The second kappa shape index (κ2) is 4.02. The van der Waals surface area contributed by atoms with Gasteiger partial charge in [0.1, 0.15) is 17.7 Å². The van der Waals surface area contributed by atoms with Crippen LogP contribution in [-0.4, -0.2) is 14.9 Å². The van der Waals surface area contributed by atoms with Gasteiger partial charge in [0.25, 0.3) is 0 Å². The molecule has 3 nitrogen and oxygen atoms in total. The van der Waals surface area contributed by atoms with E-state index in [4.69, 9.17) is 0 Å². The zero-order valence-corrected chi connectivity index (χ0v) is 8.56. The van der Waals surface area contributed by atoms with Crippen LogP contribution in [0.15, 0.2) is 30.5 Å². The Balaban J connectivity index is 2.37. The van der Waals surface area contributed by atoms with Gasteiger partial charge in [0.05, 0.1) is 5.69 Å². The predicted octanol–water partition coefficient (Wildman–Crippen LogP) is 1.78. The highest BCUT2D eigenvalue weighted by molar-refractivity contribution is 5.26. The maximum Gasteiger partial charge on any atom is 0.132 e. The lowest BCUT2D eigenvalue weighted by atomic mass is 10.1. The van der Waals surface area contributed by atoms with Gasteiger partial charge in [-0.2, -0.15) is 5.10 Å². The number of hydrogen-bond acceptors (Lipinski definition) is 2. The first kappa shape index (κ1) is 10.8. The van der Waals surface area contributed by atoms with Crippen LogP contribution < -0.4 is 0 Å². The summed E-state index contributed by atoms with van der Waals surface area (Å²) in [7, 11) is 1.69. The van der Waals surface area contributed by atoms with E-state index in [2.05, 4.69) is 5.10 Å². The fourth-order valence-corrected chi connectivity index (χ4v) is 1.46. The second-order valence-corrected chi connectivity index (χ2v) is 3.48. The fourth-order valence-electron chi connectivity index (χ4n) is 1.46. The lowest BCUT2D eigenvalue weighted by Crippen LogP contribution is -2.04. The van der Waals surface area contributed by atoms with Gasteiger partial charge in [0.2, 0.25) is 0 Å². The molecular weight excluding hydrogens is 214 g/mol. The molecule has 2 aromatic rings. The number of nitrogens with zero attached hydrogens (tertiary/aromatic N) is 2. The molecule has 16 heavy (non-hydrogen) atoms. The number of aromatic nitrogens is 2. The Kier molecular flexibility index (Phi) is 2.70. The minimum Gasteiger partial charge on any atom is -0.382 e. The molecule has 0 aliphatic heterocycles. The molecule has 84 valence electrons. The Morgan fingerprint density at radius 1 is 1.31 bits per heavy atom. The summed E-state index contributed by atoms with van der Waals surface area (Å²) in [6.45, 7) is 0. The highest BCUT2D eigenvalue weighted by atomic mass is 19.1. The largest absolute Gasteiger partial charge is 0.382 e. The van der Waals surface area contributed by atoms with Crippen molar-refractivity contribution in [2.24, 2.45) is 7.05 Å². The minimum absolute atomic E-state index is 0.0140. The number of halogens is 2. The molecule has 1 aromatic carbocycles. The minimum atomic E-state index is -1.18. The molecule has 0 bridgehead atoms. The predicted molar refractivity (Wildman–Crippen MR) is 53.6 cm³/mol. The van der Waals surface area contributed by atoms with E-state index in [-0.39, 0.29) is 5.56 Å². The molecule has 1 N–H and O–H groups in total. The normalized spacial score (nSPS) is 12.8. The smallest absolute Gasteiger partial charge is 0.132 e. The molecular formula is C11H10F2N2O. The van der Waals surface area contributed by atoms with E-state index in [1.54, 1.807) is 19.3 Å². The monoisotopic (exact) mass is 224 g/mol. The lowest BCUT2D eigenvalue weighted by Gasteiger charge is -2.09. The molecule has 5 heteroatoms. The van der Waals surface area contributed by atoms with Gasteiger partial charge in [0, 0.05) is 24.9 Å². The Bertz CT molecular complexity index is 510. The summed E-state index contributed by atoms with van der Waals surface area (Å²) in [5.74, 6) is -1.45. The summed E-state index contributed by atoms with van der Waals surface area (Å²) in [4.78, 5) is 0. The third-order valence-corrected chi connectivity index (χ3v) is 2.27. The van der Waals surface area contributed by atoms with Crippen LogP contribution in [-0.2, 0) is 7.05 Å². The highest BCUT2D eigenvalue weighted by Crippen LogP contribution is 2.23. The third-order valence-electron chi connectivity index (χ3n) is 2.27. The number of aryl methyl sites for hydroxylation is 1. The van der Waals surface area contributed by atoms with Crippen LogP contribution in [0.25, 0.3) is 0 Å². The summed E-state index contributed by atoms with van der Waals surface area (Å²) in [6, 6.07) is 4.63. The van der Waals surface area contributed by atoms with E-state index in [1.807, 2.05) is 0 Å². The summed E-state index contributed by atoms with van der Waals surface area (Å²) in [5, 5.41) is 13.8. The summed E-state index contributed by atoms with van der Waals surface area (Å²) in [6.07, 6.45) is 0.460. The quantitative estimate of drug-likeness (QED) is 0.844. The number of aliphatic hydroxyl groups is 1. The van der Waals surface area contributed by atoms with Gasteiger partial charge in [-0.1, -0.05) is 6.07 Å². The molecule has 0 amide bonds. The summed E-state index contributed by atoms with van der Waals surface area (Å²) in [5.41, 5.74) is 0.341. The van der Waals surface area contributed by atoms with Gasteiger partial charge in [0.15, 0.2) is 0 Å². The Morgan fingerprint density at radius 3 is 2.62 bits per heavy atom. The van der Waals surface area contributed by atoms with Crippen LogP contribution in [0.4, 0.5) is 8.78 Å². The average Bonchev–Trinajstić information content (AvgIpc) is 2.64. The van der Waals surface area contributed by atoms with Crippen molar-refractivity contribution < 1.29 is 13.9 Å². The average molecular weight is 224 g/mol. The molecule has 0 spiro atoms. The van der Waals surface area contributed by atoms with Crippen LogP contribution in [0.3, 0.4) is 0 Å². The van der Waals surface area contributed by atoms with Crippen molar-refractivity contribution in [1.29, 1.82) is 0 Å². The molecule has 0 radical (unpaired) electrons. The molecule has 0 fully saturated rings. The summed E-state index contributed by atoms with van der Waals surface area (Å²) >= 11 is 0. The van der Waals surface area contributed by atoms with E-state index >= 15 is 0 Å². The SMILES string of the molecule is Cn1ccc(C(O)c2ccc(F)cc2F)n1. The third kappa shape index (κ3) is 1.94. The Morgan fingerprint density at radius 2 is 2.06 bits per heavy atom. The van der Waals surface area contributed by atoms with E-state index in [0.29, 0.717) is 5.69 Å². The van der Waals surface area contributed by atoms with Gasteiger partial charge < -0.3 is 5.11 Å². The molecule has 2 rings (SSSR count). The van der Waals surface area contributed by atoms with Crippen LogP contribution in [0.5, 0.6) is 0 Å². The molecule has 1 aromatic heterocycles. The maximum absolute atomic E-state index is 13.4. The first-order valence-corrected chi connectivity index (χ1v) is 4.70. The lowest BCUT2D eigenvalue weighted by molar-refractivity contribution is 0.209. The van der Waals surface area contributed by atoms with Crippen molar-refractivity contribution in [2.75, 3.05) is 0 Å². The molecule has 0 saturated heterocycles. The van der Waals surface area contributed by atoms with E-state index in [0.717, 1.165) is 12.1 Å². The van der Waals surface area contributed by atoms with Crippen molar-refractivity contribution in [3.05, 3.63) is 53.4 Å². The number of hydrogen-bond donors (Lipinski definition) is 1. The topological polar surface area (TPSA) is 38.0 Å². The van der Waals surface area contributed by atoms with Crippen molar-refractivity contribution in [3.63, 3.8) is 0 Å². The van der Waals surface area contributed by atoms with Crippen molar-refractivity contribution in [3.8, 4) is 0 Å². The summed E-state index contributed by atoms with van der Waals surface area (Å²) < 4.78 is 27.5. The number of aliphatic hydroxyl groups excluding tert-OH is 1. The van der Waals surface area contributed by atoms with Crippen LogP contribution in [0.1, 0.15) is 17.4 Å². The molecule has 0 aliphatic carbocycles. The second-order valence-electron chi connectivity index (χ2n) is 3.48. The number of rotatable bonds is 2. The molecule has 1 heterocycles. The van der Waals surface area contributed by atoms with Crippen LogP contribution in [0.2, 0.25) is 0 Å². The van der Waals surface area contributed by atoms with Crippen LogP contribution >= 0.6 is 0 Å². The molecule has 0 saturated carbocycles. The fraction of sp³-hybridized carbons (Fsp3) is 0.182. The molecule has 1 atom stereocenters. The van der Waals surface area contributed by atoms with E-state index in [9.17, 15) is 13.9 Å². The van der Waals surface area contributed by atoms with E-state index in [1.165, 1.54) is 10.7 Å². The number of benzene rings is 1. The van der Waals surface area contributed by atoms with Gasteiger partial charge in [-0.15, -0.1) is 0 Å². The molecule has 0 aliphatic rings.